The standard InChI is InChI=1S/C16H25NO/c1-12-8-10-14(11-9-12)17(3)16-7-5-4-6-15(16)13(2)18/h4-7,12-14,18H,8-11H2,1-3H3/t12?,13-,14?/m0/s1. The quantitative estimate of drug-likeness (QED) is 0.879. The molecule has 0 saturated heterocycles. The molecule has 2 nitrogen and oxygen atoms in total. The highest BCUT2D eigenvalue weighted by atomic mass is 16.3. The molecule has 0 heterocycles. The summed E-state index contributed by atoms with van der Waals surface area (Å²) in [5.74, 6) is 0.877. The van der Waals surface area contributed by atoms with Crippen LogP contribution in [-0.2, 0) is 0 Å². The molecule has 0 aromatic heterocycles. The molecule has 100 valence electrons. The minimum absolute atomic E-state index is 0.397. The van der Waals surface area contributed by atoms with Crippen molar-refractivity contribution in [2.24, 2.45) is 5.92 Å². The molecule has 1 aliphatic rings. The number of benzene rings is 1. The van der Waals surface area contributed by atoms with Crippen molar-refractivity contribution >= 4 is 5.69 Å². The molecule has 1 aliphatic carbocycles. The van der Waals surface area contributed by atoms with E-state index in [0.29, 0.717) is 6.04 Å². The predicted molar refractivity (Wildman–Crippen MR) is 76.9 cm³/mol. The van der Waals surface area contributed by atoms with Crippen LogP contribution in [0.1, 0.15) is 51.2 Å². The SMILES string of the molecule is CC1CCC(N(C)c2ccccc2[C@H](C)O)CC1. The Kier molecular flexibility index (Phi) is 4.28. The Balaban J connectivity index is 2.15. The Morgan fingerprint density at radius 3 is 2.39 bits per heavy atom. The smallest absolute Gasteiger partial charge is 0.0781 e. The summed E-state index contributed by atoms with van der Waals surface area (Å²) in [6.45, 7) is 4.19. The molecule has 2 heteroatoms. The first kappa shape index (κ1) is 13.4. The van der Waals surface area contributed by atoms with Crippen molar-refractivity contribution in [2.75, 3.05) is 11.9 Å². The number of hydrogen-bond donors (Lipinski definition) is 1. The largest absolute Gasteiger partial charge is 0.389 e. The van der Waals surface area contributed by atoms with Gasteiger partial charge in [0, 0.05) is 24.3 Å². The van der Waals surface area contributed by atoms with Crippen LogP contribution in [0.3, 0.4) is 0 Å². The summed E-state index contributed by atoms with van der Waals surface area (Å²) in [6, 6.07) is 8.84. The third-order valence-corrected chi connectivity index (χ3v) is 4.30. The van der Waals surface area contributed by atoms with Crippen LogP contribution >= 0.6 is 0 Å². The van der Waals surface area contributed by atoms with Crippen molar-refractivity contribution in [1.29, 1.82) is 0 Å². The molecule has 0 amide bonds. The number of rotatable bonds is 3. The molecule has 2 rings (SSSR count). The normalized spacial score (nSPS) is 25.8. The number of para-hydroxylation sites is 1. The van der Waals surface area contributed by atoms with Crippen molar-refractivity contribution in [1.82, 2.24) is 0 Å². The second kappa shape index (κ2) is 5.75. The Labute approximate surface area is 111 Å². The van der Waals surface area contributed by atoms with E-state index in [0.717, 1.165) is 11.5 Å². The Bertz CT molecular complexity index is 380. The summed E-state index contributed by atoms with van der Waals surface area (Å²) in [7, 11) is 2.17. The average molecular weight is 247 g/mol. The summed E-state index contributed by atoms with van der Waals surface area (Å²) in [4.78, 5) is 2.37. The summed E-state index contributed by atoms with van der Waals surface area (Å²) >= 11 is 0. The van der Waals surface area contributed by atoms with Gasteiger partial charge in [-0.15, -0.1) is 0 Å². The zero-order valence-corrected chi connectivity index (χ0v) is 11.8. The molecule has 1 atom stereocenters. The van der Waals surface area contributed by atoms with E-state index in [2.05, 4.69) is 31.0 Å². The summed E-state index contributed by atoms with van der Waals surface area (Å²) in [5.41, 5.74) is 2.23. The zero-order chi connectivity index (χ0) is 13.1. The minimum atomic E-state index is -0.397. The van der Waals surface area contributed by atoms with Crippen molar-refractivity contribution in [3.63, 3.8) is 0 Å². The maximum absolute atomic E-state index is 9.87. The molecule has 1 aromatic carbocycles. The van der Waals surface area contributed by atoms with E-state index in [1.807, 2.05) is 19.1 Å². The van der Waals surface area contributed by atoms with Gasteiger partial charge in [-0.3, -0.25) is 0 Å². The number of nitrogens with zero attached hydrogens (tertiary/aromatic N) is 1. The molecule has 1 fully saturated rings. The summed E-state index contributed by atoms with van der Waals surface area (Å²) in [6.07, 6.45) is 4.79. The van der Waals surface area contributed by atoms with Gasteiger partial charge < -0.3 is 10.0 Å². The topological polar surface area (TPSA) is 23.5 Å². The van der Waals surface area contributed by atoms with Crippen molar-refractivity contribution < 1.29 is 5.11 Å². The van der Waals surface area contributed by atoms with Gasteiger partial charge in [-0.2, -0.15) is 0 Å². The maximum atomic E-state index is 9.87. The molecule has 1 aromatic rings. The molecule has 0 radical (unpaired) electrons. The van der Waals surface area contributed by atoms with Gasteiger partial charge in [0.2, 0.25) is 0 Å². The average Bonchev–Trinajstić information content (AvgIpc) is 2.39. The van der Waals surface area contributed by atoms with Crippen LogP contribution in [0.2, 0.25) is 0 Å². The fourth-order valence-electron chi connectivity index (χ4n) is 2.99. The van der Waals surface area contributed by atoms with E-state index < -0.39 is 6.10 Å². The van der Waals surface area contributed by atoms with Gasteiger partial charge in [0.15, 0.2) is 0 Å². The molecule has 18 heavy (non-hydrogen) atoms. The van der Waals surface area contributed by atoms with Crippen molar-refractivity contribution in [3.05, 3.63) is 29.8 Å². The summed E-state index contributed by atoms with van der Waals surface area (Å²) in [5, 5.41) is 9.87. The van der Waals surface area contributed by atoms with Gasteiger partial charge in [-0.25, -0.2) is 0 Å². The molecular weight excluding hydrogens is 222 g/mol. The van der Waals surface area contributed by atoms with E-state index >= 15 is 0 Å². The third-order valence-electron chi connectivity index (χ3n) is 4.30. The van der Waals surface area contributed by atoms with Crippen molar-refractivity contribution in [2.45, 2.75) is 51.7 Å². The molecular formula is C16H25NO. The lowest BCUT2D eigenvalue weighted by atomic mass is 9.86. The zero-order valence-electron chi connectivity index (χ0n) is 11.8. The first-order valence-corrected chi connectivity index (χ1v) is 7.09. The van der Waals surface area contributed by atoms with E-state index in [9.17, 15) is 5.11 Å². The highest BCUT2D eigenvalue weighted by Crippen LogP contribution is 2.32. The van der Waals surface area contributed by atoms with E-state index in [4.69, 9.17) is 0 Å². The van der Waals surface area contributed by atoms with Gasteiger partial charge in [0.1, 0.15) is 0 Å². The molecule has 0 aliphatic heterocycles. The highest BCUT2D eigenvalue weighted by Gasteiger charge is 2.23. The second-order valence-electron chi connectivity index (χ2n) is 5.76. The van der Waals surface area contributed by atoms with Crippen molar-refractivity contribution in [3.8, 4) is 0 Å². The van der Waals surface area contributed by atoms with Crippen LogP contribution in [0.15, 0.2) is 24.3 Å². The van der Waals surface area contributed by atoms with E-state index in [1.54, 1.807) is 0 Å². The Hall–Kier alpha value is -1.02. The Morgan fingerprint density at radius 1 is 1.17 bits per heavy atom. The van der Waals surface area contributed by atoms with Crippen LogP contribution in [0.4, 0.5) is 5.69 Å². The molecule has 0 bridgehead atoms. The Morgan fingerprint density at radius 2 is 1.78 bits per heavy atom. The van der Waals surface area contributed by atoms with E-state index in [1.165, 1.54) is 31.4 Å². The lowest BCUT2D eigenvalue weighted by molar-refractivity contribution is 0.199. The lowest BCUT2D eigenvalue weighted by Crippen LogP contribution is -2.35. The van der Waals surface area contributed by atoms with Crippen LogP contribution in [-0.4, -0.2) is 18.2 Å². The number of anilines is 1. The maximum Gasteiger partial charge on any atom is 0.0781 e. The van der Waals surface area contributed by atoms with Crippen LogP contribution in [0, 0.1) is 5.92 Å². The number of aliphatic hydroxyl groups is 1. The fourth-order valence-corrected chi connectivity index (χ4v) is 2.99. The fraction of sp³-hybridized carbons (Fsp3) is 0.625. The third kappa shape index (κ3) is 2.86. The molecule has 1 saturated carbocycles. The van der Waals surface area contributed by atoms with Gasteiger partial charge in [-0.05, 0) is 44.6 Å². The van der Waals surface area contributed by atoms with Gasteiger partial charge >= 0.3 is 0 Å². The predicted octanol–water partition coefficient (Wildman–Crippen LogP) is 3.75. The van der Waals surface area contributed by atoms with Gasteiger partial charge in [-0.1, -0.05) is 25.1 Å². The highest BCUT2D eigenvalue weighted by molar-refractivity contribution is 5.54. The monoisotopic (exact) mass is 247 g/mol. The second-order valence-corrected chi connectivity index (χ2v) is 5.76. The number of hydrogen-bond acceptors (Lipinski definition) is 2. The molecule has 1 N–H and O–H groups in total. The molecule has 0 unspecified atom stereocenters. The number of aliphatic hydroxyl groups excluding tert-OH is 1. The van der Waals surface area contributed by atoms with E-state index in [-0.39, 0.29) is 0 Å². The van der Waals surface area contributed by atoms with Crippen LogP contribution in [0.5, 0.6) is 0 Å². The van der Waals surface area contributed by atoms with Gasteiger partial charge in [0.25, 0.3) is 0 Å². The minimum Gasteiger partial charge on any atom is -0.389 e. The first-order chi connectivity index (χ1) is 8.59. The molecule has 0 spiro atoms. The first-order valence-electron chi connectivity index (χ1n) is 7.09. The van der Waals surface area contributed by atoms with Crippen LogP contribution in [0.25, 0.3) is 0 Å². The van der Waals surface area contributed by atoms with Gasteiger partial charge in [0.05, 0.1) is 6.10 Å². The summed E-state index contributed by atoms with van der Waals surface area (Å²) < 4.78 is 0. The van der Waals surface area contributed by atoms with Crippen LogP contribution < -0.4 is 4.90 Å². The lowest BCUT2D eigenvalue weighted by Gasteiger charge is -2.36.